The van der Waals surface area contributed by atoms with Gasteiger partial charge in [0.2, 0.25) is 0 Å². The van der Waals surface area contributed by atoms with E-state index < -0.39 is 0 Å². The van der Waals surface area contributed by atoms with Crippen molar-refractivity contribution in [2.45, 2.75) is 47.0 Å². The molecule has 0 N–H and O–H groups in total. The van der Waals surface area contributed by atoms with Gasteiger partial charge in [-0.05, 0) is 24.7 Å². The Kier molecular flexibility index (Phi) is 5.76. The molecule has 61 valence electrons. The van der Waals surface area contributed by atoms with Crippen LogP contribution in [0.25, 0.3) is 0 Å². The minimum Gasteiger partial charge on any atom is -0.0651 e. The van der Waals surface area contributed by atoms with Crippen molar-refractivity contribution in [3.05, 3.63) is 6.42 Å². The van der Waals surface area contributed by atoms with E-state index in [1.807, 2.05) is 0 Å². The van der Waals surface area contributed by atoms with Gasteiger partial charge in [-0.25, -0.2) is 0 Å². The zero-order valence-corrected chi connectivity index (χ0v) is 7.85. The van der Waals surface area contributed by atoms with Crippen LogP contribution in [-0.2, 0) is 0 Å². The van der Waals surface area contributed by atoms with Gasteiger partial charge in [-0.15, -0.1) is 0 Å². The average molecular weight is 141 g/mol. The lowest BCUT2D eigenvalue weighted by Gasteiger charge is -2.08. The summed E-state index contributed by atoms with van der Waals surface area (Å²) < 4.78 is 0. The molecule has 1 unspecified atom stereocenters. The molecule has 0 fully saturated rings. The molecule has 0 bridgehead atoms. The number of rotatable bonds is 5. The third-order valence-electron chi connectivity index (χ3n) is 1.96. The van der Waals surface area contributed by atoms with Crippen molar-refractivity contribution in [1.82, 2.24) is 0 Å². The fourth-order valence-corrected chi connectivity index (χ4v) is 0.881. The average Bonchev–Trinajstić information content (AvgIpc) is 1.87. The predicted molar refractivity (Wildman–Crippen MR) is 47.8 cm³/mol. The van der Waals surface area contributed by atoms with Gasteiger partial charge in [-0.2, -0.15) is 0 Å². The highest BCUT2D eigenvalue weighted by Gasteiger charge is 1.99. The first-order valence-electron chi connectivity index (χ1n) is 4.50. The Morgan fingerprint density at radius 2 is 1.80 bits per heavy atom. The zero-order chi connectivity index (χ0) is 7.98. The molecule has 0 aliphatic rings. The van der Waals surface area contributed by atoms with Crippen LogP contribution in [0.1, 0.15) is 47.0 Å². The lowest BCUT2D eigenvalue weighted by Crippen LogP contribution is -1.95. The van der Waals surface area contributed by atoms with Gasteiger partial charge < -0.3 is 0 Å². The molecule has 0 amide bonds. The van der Waals surface area contributed by atoms with Crippen LogP contribution in [0.4, 0.5) is 0 Å². The second kappa shape index (κ2) is 5.76. The third-order valence-corrected chi connectivity index (χ3v) is 1.96. The normalized spacial score (nSPS) is 14.1. The number of hydrogen-bond donors (Lipinski definition) is 0. The van der Waals surface area contributed by atoms with Crippen LogP contribution in [0.15, 0.2) is 0 Å². The molecule has 0 saturated heterocycles. The van der Waals surface area contributed by atoms with Crippen molar-refractivity contribution >= 4 is 0 Å². The summed E-state index contributed by atoms with van der Waals surface area (Å²) in [5.74, 6) is 1.68. The van der Waals surface area contributed by atoms with Crippen molar-refractivity contribution in [3.8, 4) is 0 Å². The lowest BCUT2D eigenvalue weighted by molar-refractivity contribution is 0.535. The summed E-state index contributed by atoms with van der Waals surface area (Å²) >= 11 is 0. The molecule has 0 aliphatic heterocycles. The quantitative estimate of drug-likeness (QED) is 0.548. The highest BCUT2D eigenvalue weighted by atomic mass is 14.0. The van der Waals surface area contributed by atoms with Crippen LogP contribution in [0, 0.1) is 18.3 Å². The lowest BCUT2D eigenvalue weighted by atomic mass is 9.98. The van der Waals surface area contributed by atoms with E-state index in [0.29, 0.717) is 0 Å². The van der Waals surface area contributed by atoms with E-state index in [0.717, 1.165) is 11.8 Å². The molecule has 0 aromatic rings. The SMILES string of the molecule is CCC(C)[CH]CCC(C)C. The Morgan fingerprint density at radius 1 is 1.20 bits per heavy atom. The van der Waals surface area contributed by atoms with Crippen molar-refractivity contribution < 1.29 is 0 Å². The highest BCUT2D eigenvalue weighted by molar-refractivity contribution is 4.71. The van der Waals surface area contributed by atoms with Crippen molar-refractivity contribution in [3.63, 3.8) is 0 Å². The first kappa shape index (κ1) is 10.0. The molecule has 0 heterocycles. The van der Waals surface area contributed by atoms with Gasteiger partial charge in [0.05, 0.1) is 0 Å². The smallest absolute Gasteiger partial charge is 0.0358 e. The van der Waals surface area contributed by atoms with Crippen LogP contribution < -0.4 is 0 Å². The van der Waals surface area contributed by atoms with E-state index >= 15 is 0 Å². The van der Waals surface area contributed by atoms with Crippen molar-refractivity contribution in [1.29, 1.82) is 0 Å². The topological polar surface area (TPSA) is 0 Å². The Morgan fingerprint density at radius 3 is 2.20 bits per heavy atom. The van der Waals surface area contributed by atoms with E-state index in [1.165, 1.54) is 19.3 Å². The molecule has 0 rings (SSSR count). The number of hydrogen-bond acceptors (Lipinski definition) is 0. The predicted octanol–water partition coefficient (Wildman–Crippen LogP) is 3.67. The monoisotopic (exact) mass is 141 g/mol. The summed E-state index contributed by atoms with van der Waals surface area (Å²) in [6.45, 7) is 9.10. The molecule has 0 nitrogen and oxygen atoms in total. The van der Waals surface area contributed by atoms with E-state index in [9.17, 15) is 0 Å². The molecule has 0 aliphatic carbocycles. The summed E-state index contributed by atoms with van der Waals surface area (Å²) in [7, 11) is 0. The fourth-order valence-electron chi connectivity index (χ4n) is 0.881. The van der Waals surface area contributed by atoms with E-state index in [1.54, 1.807) is 0 Å². The molecular formula is C10H21. The van der Waals surface area contributed by atoms with Crippen LogP contribution in [-0.4, -0.2) is 0 Å². The van der Waals surface area contributed by atoms with Crippen molar-refractivity contribution in [2.24, 2.45) is 11.8 Å². The van der Waals surface area contributed by atoms with Crippen LogP contribution in [0.2, 0.25) is 0 Å². The first-order chi connectivity index (χ1) is 4.66. The van der Waals surface area contributed by atoms with Crippen LogP contribution in [0.5, 0.6) is 0 Å². The van der Waals surface area contributed by atoms with Gasteiger partial charge >= 0.3 is 0 Å². The summed E-state index contributed by atoms with van der Waals surface area (Å²) in [4.78, 5) is 0. The molecular weight excluding hydrogens is 120 g/mol. The second-order valence-corrected chi connectivity index (χ2v) is 3.59. The molecule has 0 spiro atoms. The minimum atomic E-state index is 0.818. The van der Waals surface area contributed by atoms with Gasteiger partial charge in [-0.1, -0.05) is 40.5 Å². The molecule has 1 radical (unpaired) electrons. The highest BCUT2D eigenvalue weighted by Crippen LogP contribution is 2.12. The third kappa shape index (κ3) is 6.12. The Balaban J connectivity index is 3.03. The summed E-state index contributed by atoms with van der Waals surface area (Å²) in [5.41, 5.74) is 0. The van der Waals surface area contributed by atoms with Crippen molar-refractivity contribution in [2.75, 3.05) is 0 Å². The molecule has 10 heavy (non-hydrogen) atoms. The molecule has 0 aromatic carbocycles. The van der Waals surface area contributed by atoms with Crippen LogP contribution in [0.3, 0.4) is 0 Å². The molecule has 1 atom stereocenters. The summed E-state index contributed by atoms with van der Waals surface area (Å²) in [6.07, 6.45) is 6.38. The Hall–Kier alpha value is 0. The first-order valence-corrected chi connectivity index (χ1v) is 4.50. The standard InChI is InChI=1S/C10H21/c1-5-10(4)8-6-7-9(2)3/h8-10H,5-7H2,1-4H3. The molecule has 0 saturated carbocycles. The van der Waals surface area contributed by atoms with Gasteiger partial charge in [0, 0.05) is 0 Å². The van der Waals surface area contributed by atoms with E-state index in [-0.39, 0.29) is 0 Å². The van der Waals surface area contributed by atoms with E-state index in [4.69, 9.17) is 0 Å². The van der Waals surface area contributed by atoms with Crippen LogP contribution >= 0.6 is 0 Å². The maximum absolute atomic E-state index is 2.44. The maximum atomic E-state index is 2.44. The molecule has 0 aromatic heterocycles. The summed E-state index contributed by atoms with van der Waals surface area (Å²) in [5, 5.41) is 0. The zero-order valence-electron chi connectivity index (χ0n) is 7.85. The van der Waals surface area contributed by atoms with Gasteiger partial charge in [0.15, 0.2) is 0 Å². The fraction of sp³-hybridized carbons (Fsp3) is 0.900. The second-order valence-electron chi connectivity index (χ2n) is 3.59. The Bertz CT molecular complexity index is 64.4. The molecule has 0 heteroatoms. The minimum absolute atomic E-state index is 0.818. The Labute approximate surface area is 66.0 Å². The van der Waals surface area contributed by atoms with Gasteiger partial charge in [0.1, 0.15) is 0 Å². The summed E-state index contributed by atoms with van der Waals surface area (Å²) in [6, 6.07) is 0. The largest absolute Gasteiger partial charge is 0.0651 e. The van der Waals surface area contributed by atoms with E-state index in [2.05, 4.69) is 34.1 Å². The van der Waals surface area contributed by atoms with Gasteiger partial charge in [0.25, 0.3) is 0 Å². The maximum Gasteiger partial charge on any atom is -0.0358 e. The van der Waals surface area contributed by atoms with Gasteiger partial charge in [-0.3, -0.25) is 0 Å².